The van der Waals surface area contributed by atoms with Crippen molar-refractivity contribution < 1.29 is 9.84 Å². The van der Waals surface area contributed by atoms with Crippen molar-refractivity contribution in [3.63, 3.8) is 0 Å². The van der Waals surface area contributed by atoms with Gasteiger partial charge in [0.05, 0.1) is 13.8 Å². The van der Waals surface area contributed by atoms with Crippen LogP contribution in [-0.4, -0.2) is 25.5 Å². The predicted molar refractivity (Wildman–Crippen MR) is 70.5 cm³/mol. The molecular weight excluding hydrogens is 214 g/mol. The number of benzene rings is 1. The molecule has 0 aliphatic heterocycles. The first-order valence-corrected chi connectivity index (χ1v) is 5.98. The summed E-state index contributed by atoms with van der Waals surface area (Å²) < 4.78 is 5.40. The van der Waals surface area contributed by atoms with Gasteiger partial charge in [-0.05, 0) is 29.0 Å². The van der Waals surface area contributed by atoms with E-state index in [0.717, 1.165) is 18.7 Å². The van der Waals surface area contributed by atoms with Crippen molar-refractivity contribution in [3.05, 3.63) is 29.3 Å². The van der Waals surface area contributed by atoms with Gasteiger partial charge in [0.2, 0.25) is 0 Å². The van der Waals surface area contributed by atoms with Crippen LogP contribution in [0.2, 0.25) is 0 Å². The highest BCUT2D eigenvalue weighted by atomic mass is 16.5. The summed E-state index contributed by atoms with van der Waals surface area (Å²) in [6, 6.07) is 6.29. The van der Waals surface area contributed by atoms with E-state index < -0.39 is 0 Å². The zero-order valence-corrected chi connectivity index (χ0v) is 11.2. The van der Waals surface area contributed by atoms with Gasteiger partial charge < -0.3 is 9.84 Å². The molecule has 0 unspecified atom stereocenters. The van der Waals surface area contributed by atoms with Crippen molar-refractivity contribution >= 4 is 0 Å². The summed E-state index contributed by atoms with van der Waals surface area (Å²) in [7, 11) is 1.71. The average molecular weight is 237 g/mol. The molecule has 0 spiro atoms. The fourth-order valence-corrected chi connectivity index (χ4v) is 1.81. The van der Waals surface area contributed by atoms with E-state index in [2.05, 4.69) is 38.2 Å². The Bertz CT molecular complexity index is 356. The largest absolute Gasteiger partial charge is 0.496 e. The van der Waals surface area contributed by atoms with Crippen molar-refractivity contribution in [2.24, 2.45) is 0 Å². The Hall–Kier alpha value is -1.06. The molecule has 0 saturated carbocycles. The molecule has 0 atom stereocenters. The molecule has 1 aromatic carbocycles. The van der Waals surface area contributed by atoms with E-state index in [9.17, 15) is 0 Å². The van der Waals surface area contributed by atoms with Gasteiger partial charge in [-0.2, -0.15) is 0 Å². The molecule has 17 heavy (non-hydrogen) atoms. The lowest BCUT2D eigenvalue weighted by atomic mass is 9.85. The van der Waals surface area contributed by atoms with Gasteiger partial charge in [0, 0.05) is 6.54 Å². The lowest BCUT2D eigenvalue weighted by Gasteiger charge is -2.23. The van der Waals surface area contributed by atoms with Gasteiger partial charge in [-0.1, -0.05) is 32.9 Å². The summed E-state index contributed by atoms with van der Waals surface area (Å²) in [6.45, 7) is 7.36. The van der Waals surface area contributed by atoms with Gasteiger partial charge in [-0.3, -0.25) is 5.32 Å². The van der Waals surface area contributed by atoms with Crippen LogP contribution < -0.4 is 10.1 Å². The molecule has 0 heterocycles. The van der Waals surface area contributed by atoms with Crippen molar-refractivity contribution in [1.29, 1.82) is 0 Å². The smallest absolute Gasteiger partial charge is 0.122 e. The van der Waals surface area contributed by atoms with E-state index in [1.807, 2.05) is 6.07 Å². The third-order valence-corrected chi connectivity index (χ3v) is 2.77. The maximum atomic E-state index is 8.68. The van der Waals surface area contributed by atoms with E-state index in [1.54, 1.807) is 7.11 Å². The summed E-state index contributed by atoms with van der Waals surface area (Å²) in [6.07, 6.45) is 0.910. The zero-order valence-electron chi connectivity index (χ0n) is 11.2. The molecule has 0 radical (unpaired) electrons. The Morgan fingerprint density at radius 2 is 2.00 bits per heavy atom. The number of ether oxygens (including phenoxy) is 1. The van der Waals surface area contributed by atoms with Crippen molar-refractivity contribution in [1.82, 2.24) is 5.32 Å². The molecule has 1 aromatic rings. The van der Waals surface area contributed by atoms with Crippen LogP contribution in [0.4, 0.5) is 0 Å². The van der Waals surface area contributed by atoms with Crippen LogP contribution in [0.3, 0.4) is 0 Å². The Labute approximate surface area is 104 Å². The number of methoxy groups -OCH3 is 1. The summed E-state index contributed by atoms with van der Waals surface area (Å²) >= 11 is 0. The summed E-state index contributed by atoms with van der Waals surface area (Å²) in [4.78, 5) is 0. The Morgan fingerprint density at radius 1 is 1.29 bits per heavy atom. The van der Waals surface area contributed by atoms with Crippen molar-refractivity contribution in [3.8, 4) is 5.75 Å². The van der Waals surface area contributed by atoms with E-state index >= 15 is 0 Å². The topological polar surface area (TPSA) is 41.5 Å². The molecule has 2 N–H and O–H groups in total. The molecule has 0 amide bonds. The minimum Gasteiger partial charge on any atom is -0.496 e. The van der Waals surface area contributed by atoms with Gasteiger partial charge in [0.15, 0.2) is 0 Å². The minimum absolute atomic E-state index is 0.0300. The monoisotopic (exact) mass is 237 g/mol. The van der Waals surface area contributed by atoms with Crippen LogP contribution in [0.5, 0.6) is 5.75 Å². The summed E-state index contributed by atoms with van der Waals surface area (Å²) in [5.41, 5.74) is 2.56. The summed E-state index contributed by atoms with van der Waals surface area (Å²) in [5.74, 6) is 0.941. The second kappa shape index (κ2) is 6.03. The fourth-order valence-electron chi connectivity index (χ4n) is 1.81. The van der Waals surface area contributed by atoms with E-state index in [0.29, 0.717) is 0 Å². The molecule has 0 aliphatic carbocycles. The molecule has 3 nitrogen and oxygen atoms in total. The van der Waals surface area contributed by atoms with E-state index in [-0.39, 0.29) is 12.1 Å². The lowest BCUT2D eigenvalue weighted by Crippen LogP contribution is -2.18. The van der Waals surface area contributed by atoms with Gasteiger partial charge in [-0.15, -0.1) is 0 Å². The molecule has 3 heteroatoms. The van der Waals surface area contributed by atoms with Gasteiger partial charge in [0.25, 0.3) is 0 Å². The first-order chi connectivity index (χ1) is 7.99. The quantitative estimate of drug-likeness (QED) is 0.608. The van der Waals surface area contributed by atoms with Crippen LogP contribution in [0.1, 0.15) is 31.9 Å². The Kier molecular flexibility index (Phi) is 4.97. The second-order valence-electron chi connectivity index (χ2n) is 5.19. The first kappa shape index (κ1) is 14.0. The predicted octanol–water partition coefficient (Wildman–Crippen LogP) is 2.07. The second-order valence-corrected chi connectivity index (χ2v) is 5.19. The van der Waals surface area contributed by atoms with Crippen LogP contribution in [0.15, 0.2) is 18.2 Å². The third kappa shape index (κ3) is 4.02. The number of aliphatic hydroxyl groups is 1. The molecular formula is C14H23NO2. The summed E-state index contributed by atoms with van der Waals surface area (Å²) in [5, 5.41) is 11.6. The maximum absolute atomic E-state index is 8.68. The Morgan fingerprint density at radius 3 is 2.53 bits per heavy atom. The molecule has 0 aromatic heterocycles. The third-order valence-electron chi connectivity index (χ3n) is 2.77. The first-order valence-electron chi connectivity index (χ1n) is 5.98. The van der Waals surface area contributed by atoms with Crippen LogP contribution >= 0.6 is 0 Å². The standard InChI is InChI=1S/C14H23NO2/c1-14(2,3)12-9-11(7-8-15-10-16)5-6-13(12)17-4/h5-6,9,15-16H,7-8,10H2,1-4H3. The minimum atomic E-state index is 0.0300. The SMILES string of the molecule is COc1ccc(CCNCO)cc1C(C)(C)C. The highest BCUT2D eigenvalue weighted by Crippen LogP contribution is 2.31. The highest BCUT2D eigenvalue weighted by Gasteiger charge is 2.18. The average Bonchev–Trinajstić information content (AvgIpc) is 2.28. The highest BCUT2D eigenvalue weighted by molar-refractivity contribution is 5.41. The number of hydrogen-bond acceptors (Lipinski definition) is 3. The van der Waals surface area contributed by atoms with E-state index in [1.165, 1.54) is 11.1 Å². The van der Waals surface area contributed by atoms with Crippen molar-refractivity contribution in [2.75, 3.05) is 20.4 Å². The van der Waals surface area contributed by atoms with Crippen LogP contribution in [0.25, 0.3) is 0 Å². The molecule has 0 aliphatic rings. The number of rotatable bonds is 5. The zero-order chi connectivity index (χ0) is 12.9. The van der Waals surface area contributed by atoms with Gasteiger partial charge in [-0.25, -0.2) is 0 Å². The van der Waals surface area contributed by atoms with Crippen molar-refractivity contribution in [2.45, 2.75) is 32.6 Å². The molecule has 0 fully saturated rings. The number of hydrogen-bond donors (Lipinski definition) is 2. The molecule has 1 rings (SSSR count). The number of aliphatic hydroxyl groups excluding tert-OH is 1. The van der Waals surface area contributed by atoms with E-state index in [4.69, 9.17) is 9.84 Å². The number of nitrogens with one attached hydrogen (secondary N) is 1. The fraction of sp³-hybridized carbons (Fsp3) is 0.571. The van der Waals surface area contributed by atoms with Crippen LogP contribution in [0, 0.1) is 0 Å². The molecule has 0 bridgehead atoms. The Balaban J connectivity index is 2.89. The molecule has 0 saturated heterocycles. The maximum Gasteiger partial charge on any atom is 0.122 e. The van der Waals surface area contributed by atoms with Crippen LogP contribution in [-0.2, 0) is 11.8 Å². The van der Waals surface area contributed by atoms with Gasteiger partial charge in [0.1, 0.15) is 5.75 Å². The lowest BCUT2D eigenvalue weighted by molar-refractivity contribution is 0.262. The molecule has 96 valence electrons. The van der Waals surface area contributed by atoms with Gasteiger partial charge >= 0.3 is 0 Å². The normalized spacial score (nSPS) is 11.6.